The van der Waals surface area contributed by atoms with Crippen LogP contribution < -0.4 is 0 Å². The van der Waals surface area contributed by atoms with Gasteiger partial charge in [-0.2, -0.15) is 0 Å². The first-order chi connectivity index (χ1) is 9.13. The summed E-state index contributed by atoms with van der Waals surface area (Å²) < 4.78 is 0. The van der Waals surface area contributed by atoms with E-state index in [2.05, 4.69) is 68.6 Å². The highest BCUT2D eigenvalue weighted by atomic mass is 32.1. The largest absolute Gasteiger partial charge is 0.144 e. The number of thiophene rings is 1. The Bertz CT molecular complexity index is 719. The van der Waals surface area contributed by atoms with Crippen molar-refractivity contribution < 1.29 is 0 Å². The quantitative estimate of drug-likeness (QED) is 0.533. The fourth-order valence-electron chi connectivity index (χ4n) is 2.32. The Morgan fingerprint density at radius 2 is 1.68 bits per heavy atom. The van der Waals surface area contributed by atoms with Gasteiger partial charge in [0, 0.05) is 4.88 Å². The molecule has 0 radical (unpaired) electrons. The lowest BCUT2D eigenvalue weighted by atomic mass is 10.0. The number of hydrogen-bond acceptors (Lipinski definition) is 1. The Labute approximate surface area is 118 Å². The van der Waals surface area contributed by atoms with Gasteiger partial charge in [-0.25, -0.2) is 0 Å². The monoisotopic (exact) mass is 266 g/mol. The molecule has 0 spiro atoms. The van der Waals surface area contributed by atoms with Crippen molar-refractivity contribution in [1.82, 2.24) is 0 Å². The number of fused-ring (bicyclic) bond motifs is 1. The molecule has 1 heterocycles. The molecular weight excluding hydrogens is 248 g/mol. The Kier molecular flexibility index (Phi) is 3.16. The van der Waals surface area contributed by atoms with E-state index in [-0.39, 0.29) is 0 Å². The van der Waals surface area contributed by atoms with Gasteiger partial charge in [0.15, 0.2) is 0 Å². The minimum atomic E-state index is 0.604. The molecule has 0 saturated carbocycles. The maximum atomic E-state index is 2.33. The van der Waals surface area contributed by atoms with Crippen molar-refractivity contribution in [2.75, 3.05) is 0 Å². The lowest BCUT2D eigenvalue weighted by Gasteiger charge is -2.03. The van der Waals surface area contributed by atoms with Crippen LogP contribution in [0.4, 0.5) is 0 Å². The second-order valence-corrected chi connectivity index (χ2v) is 6.38. The minimum Gasteiger partial charge on any atom is -0.144 e. The molecule has 2 aromatic carbocycles. The molecule has 96 valence electrons. The standard InChI is InChI=1S/C18H18S/c1-12(2)17-10-18(19-11-17)15-7-6-14-5-4-13(3)8-16(14)9-15/h4-12H,1-3H3. The van der Waals surface area contributed by atoms with E-state index in [1.165, 1.54) is 32.3 Å². The lowest BCUT2D eigenvalue weighted by molar-refractivity contribution is 0.872. The molecule has 0 aliphatic carbocycles. The first-order valence-electron chi connectivity index (χ1n) is 6.73. The number of hydrogen-bond donors (Lipinski definition) is 0. The smallest absolute Gasteiger partial charge is 0.0345 e. The van der Waals surface area contributed by atoms with Crippen molar-refractivity contribution in [2.45, 2.75) is 26.7 Å². The molecule has 0 bridgehead atoms. The third-order valence-electron chi connectivity index (χ3n) is 3.57. The molecule has 0 amide bonds. The summed E-state index contributed by atoms with van der Waals surface area (Å²) in [7, 11) is 0. The van der Waals surface area contributed by atoms with Crippen LogP contribution in [0.3, 0.4) is 0 Å². The van der Waals surface area contributed by atoms with Gasteiger partial charge in [-0.3, -0.25) is 0 Å². The van der Waals surface area contributed by atoms with E-state index in [9.17, 15) is 0 Å². The van der Waals surface area contributed by atoms with Gasteiger partial charge in [0.25, 0.3) is 0 Å². The van der Waals surface area contributed by atoms with Crippen LogP contribution in [-0.4, -0.2) is 0 Å². The second kappa shape index (κ2) is 4.82. The first kappa shape index (κ1) is 12.4. The Hall–Kier alpha value is -1.60. The van der Waals surface area contributed by atoms with Gasteiger partial charge in [-0.15, -0.1) is 11.3 Å². The van der Waals surface area contributed by atoms with Crippen molar-refractivity contribution in [3.63, 3.8) is 0 Å². The zero-order valence-electron chi connectivity index (χ0n) is 11.6. The maximum Gasteiger partial charge on any atom is 0.0345 e. The summed E-state index contributed by atoms with van der Waals surface area (Å²) in [6.07, 6.45) is 0. The average Bonchev–Trinajstić information content (AvgIpc) is 2.87. The van der Waals surface area contributed by atoms with Gasteiger partial charge in [0.1, 0.15) is 0 Å². The Morgan fingerprint density at radius 1 is 0.895 bits per heavy atom. The molecular formula is C18H18S. The predicted octanol–water partition coefficient (Wildman–Crippen LogP) is 6.00. The predicted molar refractivity (Wildman–Crippen MR) is 86.1 cm³/mol. The van der Waals surface area contributed by atoms with Crippen LogP contribution in [0.5, 0.6) is 0 Å². The SMILES string of the molecule is Cc1ccc2ccc(-c3cc(C(C)C)cs3)cc2c1. The highest BCUT2D eigenvalue weighted by Crippen LogP contribution is 2.32. The van der Waals surface area contributed by atoms with Crippen molar-refractivity contribution in [2.24, 2.45) is 0 Å². The van der Waals surface area contributed by atoms with Crippen LogP contribution in [0.15, 0.2) is 47.8 Å². The summed E-state index contributed by atoms with van der Waals surface area (Å²) in [6, 6.07) is 15.7. The molecule has 0 aliphatic rings. The molecule has 0 fully saturated rings. The average molecular weight is 266 g/mol. The van der Waals surface area contributed by atoms with Crippen molar-refractivity contribution in [3.05, 3.63) is 59.0 Å². The van der Waals surface area contributed by atoms with Gasteiger partial charge in [-0.05, 0) is 52.3 Å². The summed E-state index contributed by atoms with van der Waals surface area (Å²) in [4.78, 5) is 1.37. The topological polar surface area (TPSA) is 0 Å². The number of benzene rings is 2. The molecule has 0 aliphatic heterocycles. The zero-order valence-corrected chi connectivity index (χ0v) is 12.4. The molecule has 0 unspecified atom stereocenters. The van der Waals surface area contributed by atoms with Crippen LogP contribution in [0.2, 0.25) is 0 Å². The molecule has 0 atom stereocenters. The lowest BCUT2D eigenvalue weighted by Crippen LogP contribution is -1.81. The van der Waals surface area contributed by atoms with E-state index in [1.807, 2.05) is 11.3 Å². The van der Waals surface area contributed by atoms with E-state index in [4.69, 9.17) is 0 Å². The van der Waals surface area contributed by atoms with E-state index in [0.29, 0.717) is 5.92 Å². The minimum absolute atomic E-state index is 0.604. The normalized spacial score (nSPS) is 11.4. The summed E-state index contributed by atoms with van der Waals surface area (Å²) in [5.74, 6) is 0.604. The molecule has 19 heavy (non-hydrogen) atoms. The Morgan fingerprint density at radius 3 is 2.42 bits per heavy atom. The van der Waals surface area contributed by atoms with E-state index in [1.54, 1.807) is 0 Å². The van der Waals surface area contributed by atoms with Gasteiger partial charge in [0.05, 0.1) is 0 Å². The molecule has 0 nitrogen and oxygen atoms in total. The summed E-state index contributed by atoms with van der Waals surface area (Å²) in [5, 5.41) is 4.92. The van der Waals surface area contributed by atoms with Crippen LogP contribution in [0, 0.1) is 6.92 Å². The summed E-state index contributed by atoms with van der Waals surface area (Å²) in [5.41, 5.74) is 4.08. The van der Waals surface area contributed by atoms with E-state index < -0.39 is 0 Å². The highest BCUT2D eigenvalue weighted by Gasteiger charge is 2.06. The molecule has 0 N–H and O–H groups in total. The van der Waals surface area contributed by atoms with Crippen LogP contribution in [0.1, 0.15) is 30.9 Å². The molecule has 1 aromatic heterocycles. The van der Waals surface area contributed by atoms with Crippen LogP contribution in [-0.2, 0) is 0 Å². The van der Waals surface area contributed by atoms with Crippen molar-refractivity contribution >= 4 is 22.1 Å². The Balaban J connectivity index is 2.08. The third-order valence-corrected chi connectivity index (χ3v) is 4.56. The third kappa shape index (κ3) is 2.43. The van der Waals surface area contributed by atoms with Gasteiger partial charge >= 0.3 is 0 Å². The second-order valence-electron chi connectivity index (χ2n) is 5.46. The summed E-state index contributed by atoms with van der Waals surface area (Å²) in [6.45, 7) is 6.64. The fraction of sp³-hybridized carbons (Fsp3) is 0.222. The summed E-state index contributed by atoms with van der Waals surface area (Å²) >= 11 is 1.84. The first-order valence-corrected chi connectivity index (χ1v) is 7.60. The number of rotatable bonds is 2. The maximum absolute atomic E-state index is 2.33. The van der Waals surface area contributed by atoms with Crippen molar-refractivity contribution in [1.29, 1.82) is 0 Å². The molecule has 3 aromatic rings. The fourth-order valence-corrected chi connectivity index (χ4v) is 3.39. The zero-order chi connectivity index (χ0) is 13.4. The molecule has 1 heteroatoms. The van der Waals surface area contributed by atoms with Gasteiger partial charge < -0.3 is 0 Å². The number of aryl methyl sites for hydroxylation is 1. The van der Waals surface area contributed by atoms with Gasteiger partial charge in [0.2, 0.25) is 0 Å². The van der Waals surface area contributed by atoms with Crippen LogP contribution >= 0.6 is 11.3 Å². The van der Waals surface area contributed by atoms with E-state index >= 15 is 0 Å². The van der Waals surface area contributed by atoms with Crippen LogP contribution in [0.25, 0.3) is 21.2 Å². The molecule has 3 rings (SSSR count). The highest BCUT2D eigenvalue weighted by molar-refractivity contribution is 7.13. The van der Waals surface area contributed by atoms with Gasteiger partial charge in [-0.1, -0.05) is 49.7 Å². The van der Waals surface area contributed by atoms with E-state index in [0.717, 1.165) is 0 Å². The van der Waals surface area contributed by atoms with Crippen molar-refractivity contribution in [3.8, 4) is 10.4 Å². The molecule has 0 saturated heterocycles.